The molecule has 0 radical (unpaired) electrons. The van der Waals surface area contributed by atoms with Crippen molar-refractivity contribution >= 4 is 65.4 Å². The SMILES string of the molecule is CCCCC(CC)Cc1ccc2c(c1)C(=C1c3cc4ccccc4cc3-c3cc4ccccc4cc31)c1cc3c(cc1-2)C(=C1c2cc4ccccc4cc2-c2cc4ccccc4cc21)c1cc(CC(CC)CCCC)ccc1-3. The van der Waals surface area contributed by atoms with Crippen LogP contribution in [-0.2, 0) is 12.8 Å². The molecule has 0 saturated carbocycles. The van der Waals surface area contributed by atoms with Crippen LogP contribution in [0.2, 0.25) is 0 Å². The molecule has 0 nitrogen and oxygen atoms in total. The monoisotopic (exact) mass is 1000 g/mol. The van der Waals surface area contributed by atoms with Gasteiger partial charge in [-0.1, -0.05) is 213 Å². The van der Waals surface area contributed by atoms with Crippen LogP contribution in [0.3, 0.4) is 0 Å². The molecule has 0 saturated heterocycles. The van der Waals surface area contributed by atoms with Crippen LogP contribution in [0.5, 0.6) is 0 Å². The Balaban J connectivity index is 1.04. The van der Waals surface area contributed by atoms with E-state index in [1.54, 1.807) is 0 Å². The third kappa shape index (κ3) is 7.47. The summed E-state index contributed by atoms with van der Waals surface area (Å²) in [5.41, 5.74) is 30.0. The van der Waals surface area contributed by atoms with E-state index >= 15 is 0 Å². The van der Waals surface area contributed by atoms with Gasteiger partial charge in [0.2, 0.25) is 0 Å². The second kappa shape index (κ2) is 18.8. The highest BCUT2D eigenvalue weighted by atomic mass is 14.4. The summed E-state index contributed by atoms with van der Waals surface area (Å²) in [5.74, 6) is 1.33. The van der Waals surface area contributed by atoms with Crippen LogP contribution in [0.15, 0.2) is 194 Å². The van der Waals surface area contributed by atoms with Crippen molar-refractivity contribution in [2.75, 3.05) is 0 Å². The fourth-order valence-corrected chi connectivity index (χ4v) is 14.7. The lowest BCUT2D eigenvalue weighted by Crippen LogP contribution is -2.04. The van der Waals surface area contributed by atoms with Crippen molar-refractivity contribution in [3.63, 3.8) is 0 Å². The van der Waals surface area contributed by atoms with Gasteiger partial charge >= 0.3 is 0 Å². The Kier molecular flexibility index (Phi) is 11.4. The van der Waals surface area contributed by atoms with Crippen LogP contribution in [0.1, 0.15) is 135 Å². The average molecular weight is 1000 g/mol. The minimum atomic E-state index is 0.665. The Labute approximate surface area is 460 Å². The van der Waals surface area contributed by atoms with Gasteiger partial charge in [0.1, 0.15) is 0 Å². The molecule has 4 aliphatic rings. The molecule has 0 heteroatoms. The van der Waals surface area contributed by atoms with Gasteiger partial charge in [-0.3, -0.25) is 0 Å². The zero-order chi connectivity index (χ0) is 52.2. The maximum Gasteiger partial charge on any atom is -0.00134 e. The van der Waals surface area contributed by atoms with E-state index in [-0.39, 0.29) is 0 Å². The van der Waals surface area contributed by atoms with Gasteiger partial charge in [-0.25, -0.2) is 0 Å². The molecule has 0 fully saturated rings. The van der Waals surface area contributed by atoms with Gasteiger partial charge in [0.25, 0.3) is 0 Å². The predicted octanol–water partition coefficient (Wildman–Crippen LogP) is 21.8. The minimum absolute atomic E-state index is 0.665. The molecule has 0 aromatic heterocycles. The normalized spacial score (nSPS) is 14.2. The van der Waals surface area contributed by atoms with Gasteiger partial charge in [0, 0.05) is 0 Å². The molecule has 78 heavy (non-hydrogen) atoms. The highest BCUT2D eigenvalue weighted by Crippen LogP contribution is 2.61. The molecule has 11 aromatic carbocycles. The Morgan fingerprint density at radius 3 is 0.756 bits per heavy atom. The van der Waals surface area contributed by atoms with Crippen molar-refractivity contribution in [3.8, 4) is 44.5 Å². The van der Waals surface area contributed by atoms with Crippen molar-refractivity contribution in [1.82, 2.24) is 0 Å². The summed E-state index contributed by atoms with van der Waals surface area (Å²) in [5, 5.41) is 10.3. The molecule has 15 rings (SSSR count). The topological polar surface area (TPSA) is 0 Å². The second-order valence-electron chi connectivity index (χ2n) is 23.4. The third-order valence-electron chi connectivity index (χ3n) is 18.8. The van der Waals surface area contributed by atoms with E-state index in [1.165, 1.54) is 217 Å². The fourth-order valence-electron chi connectivity index (χ4n) is 14.7. The first kappa shape index (κ1) is 47.2. The Morgan fingerprint density at radius 2 is 0.487 bits per heavy atom. The highest BCUT2D eigenvalue weighted by Gasteiger charge is 2.39. The van der Waals surface area contributed by atoms with E-state index in [9.17, 15) is 0 Å². The molecular weight excluding hydrogens is 937 g/mol. The van der Waals surface area contributed by atoms with Crippen molar-refractivity contribution < 1.29 is 0 Å². The van der Waals surface area contributed by atoms with Crippen LogP contribution in [0, 0.1) is 11.8 Å². The quantitative estimate of drug-likeness (QED) is 0.114. The fraction of sp³-hybridized carbons (Fsp3) is 0.205. The minimum Gasteiger partial charge on any atom is -0.0654 e. The molecule has 0 bridgehead atoms. The van der Waals surface area contributed by atoms with E-state index in [0.29, 0.717) is 11.8 Å². The molecule has 4 aliphatic carbocycles. The summed E-state index contributed by atoms with van der Waals surface area (Å²) in [7, 11) is 0. The van der Waals surface area contributed by atoms with Crippen LogP contribution in [0.4, 0.5) is 0 Å². The lowest BCUT2D eigenvalue weighted by Gasteiger charge is -2.17. The summed E-state index contributed by atoms with van der Waals surface area (Å²) in [6, 6.07) is 76.4. The smallest absolute Gasteiger partial charge is 0.00134 e. The van der Waals surface area contributed by atoms with E-state index in [4.69, 9.17) is 0 Å². The predicted molar refractivity (Wildman–Crippen MR) is 335 cm³/mol. The summed E-state index contributed by atoms with van der Waals surface area (Å²) < 4.78 is 0. The number of rotatable bonds is 12. The van der Waals surface area contributed by atoms with Gasteiger partial charge in [-0.05, 0) is 251 Å². The molecule has 2 atom stereocenters. The van der Waals surface area contributed by atoms with Gasteiger partial charge in [-0.2, -0.15) is 0 Å². The zero-order valence-electron chi connectivity index (χ0n) is 45.7. The molecule has 0 amide bonds. The summed E-state index contributed by atoms with van der Waals surface area (Å²) in [6.07, 6.45) is 12.2. The maximum absolute atomic E-state index is 2.66. The van der Waals surface area contributed by atoms with E-state index in [2.05, 4.69) is 222 Å². The number of hydrogen-bond donors (Lipinski definition) is 0. The lowest BCUT2D eigenvalue weighted by atomic mass is 9.87. The van der Waals surface area contributed by atoms with Crippen molar-refractivity contribution in [3.05, 3.63) is 250 Å². The van der Waals surface area contributed by atoms with Crippen molar-refractivity contribution in [2.24, 2.45) is 11.8 Å². The van der Waals surface area contributed by atoms with Crippen LogP contribution in [0.25, 0.3) is 110 Å². The molecule has 0 heterocycles. The molecule has 0 spiro atoms. The Hall–Kier alpha value is -8.06. The number of unbranched alkanes of at least 4 members (excludes halogenated alkanes) is 2. The van der Waals surface area contributed by atoms with Crippen LogP contribution >= 0.6 is 0 Å². The molecule has 0 aliphatic heterocycles. The van der Waals surface area contributed by atoms with Gasteiger partial charge in [0.15, 0.2) is 0 Å². The van der Waals surface area contributed by atoms with Gasteiger partial charge in [-0.15, -0.1) is 0 Å². The standard InChI is InChI=1S/C78H66/c1-5-9-19-47(7-3)33-49-29-31-59-65-45-74-66(46-73(65)75(67(59)35-49)77-69-41-55-25-15-11-21-51(55)37-61(69)62-38-52-22-12-16-26-56(52)42-70(62)77)60-32-30-50(34-48(8-4)20-10-6-2)36-68(60)76(74)78-71-43-57-27-17-13-23-53(57)39-63(71)64-40-54-24-14-18-28-58(54)44-72(64)78/h11-18,21-32,35-48H,5-10,19-20,33-34H2,1-4H3. The molecular formula is C78H66. The maximum atomic E-state index is 2.66. The largest absolute Gasteiger partial charge is 0.0654 e. The summed E-state index contributed by atoms with van der Waals surface area (Å²) in [6.45, 7) is 9.46. The summed E-state index contributed by atoms with van der Waals surface area (Å²) >= 11 is 0. The first-order valence-electron chi connectivity index (χ1n) is 29.5. The molecule has 0 N–H and O–H groups in total. The first-order chi connectivity index (χ1) is 38.5. The van der Waals surface area contributed by atoms with Crippen LogP contribution in [-0.4, -0.2) is 0 Å². The number of benzene rings is 11. The van der Waals surface area contributed by atoms with Crippen molar-refractivity contribution in [1.29, 1.82) is 0 Å². The molecule has 378 valence electrons. The average Bonchev–Trinajstić information content (AvgIpc) is 4.37. The number of fused-ring (bicyclic) bond motifs is 16. The molecule has 2 unspecified atom stereocenters. The zero-order valence-corrected chi connectivity index (χ0v) is 45.7. The Morgan fingerprint density at radius 1 is 0.244 bits per heavy atom. The van der Waals surface area contributed by atoms with Crippen LogP contribution < -0.4 is 0 Å². The third-order valence-corrected chi connectivity index (χ3v) is 18.8. The second-order valence-corrected chi connectivity index (χ2v) is 23.4. The van der Waals surface area contributed by atoms with E-state index < -0.39 is 0 Å². The van der Waals surface area contributed by atoms with Gasteiger partial charge in [0.05, 0.1) is 0 Å². The van der Waals surface area contributed by atoms with Crippen molar-refractivity contribution in [2.45, 2.75) is 91.9 Å². The lowest BCUT2D eigenvalue weighted by molar-refractivity contribution is 0.449. The number of hydrogen-bond acceptors (Lipinski definition) is 0. The van der Waals surface area contributed by atoms with Gasteiger partial charge < -0.3 is 0 Å². The highest BCUT2D eigenvalue weighted by molar-refractivity contribution is 6.25. The molecule has 11 aromatic rings. The Bertz CT molecular complexity index is 3920. The summed E-state index contributed by atoms with van der Waals surface area (Å²) in [4.78, 5) is 0. The van der Waals surface area contributed by atoms with E-state index in [1.807, 2.05) is 0 Å². The first-order valence-corrected chi connectivity index (χ1v) is 29.5. The van der Waals surface area contributed by atoms with E-state index in [0.717, 1.165) is 12.8 Å².